The number of halogens is 1. The van der Waals surface area contributed by atoms with Crippen molar-refractivity contribution < 1.29 is 9.18 Å². The Labute approximate surface area is 132 Å². The molecule has 3 nitrogen and oxygen atoms in total. The number of hydrogen-bond donors (Lipinski definition) is 1. The number of hydrogen-bond acceptors (Lipinski definition) is 2. The second-order valence-corrected chi connectivity index (χ2v) is 5.99. The lowest BCUT2D eigenvalue weighted by molar-refractivity contribution is 0.0945. The Hall–Kier alpha value is -2.14. The van der Waals surface area contributed by atoms with Crippen LogP contribution in [0.4, 0.5) is 4.39 Å². The zero-order chi connectivity index (χ0) is 15.5. The van der Waals surface area contributed by atoms with Crippen molar-refractivity contribution in [3.8, 4) is 0 Å². The third kappa shape index (κ3) is 2.76. The highest BCUT2D eigenvalue weighted by atomic mass is 32.1. The topological polar surface area (TPSA) is 34.0 Å². The smallest absolute Gasteiger partial charge is 0.267 e. The number of carbonyl (C=O) groups excluding carboxylic acids is 1. The Balaban J connectivity index is 1.68. The van der Waals surface area contributed by atoms with Crippen LogP contribution in [0, 0.1) is 5.82 Å². The number of amides is 1. The number of nitrogens with one attached hydrogen (secondary N) is 1. The molecule has 0 aliphatic heterocycles. The molecule has 22 heavy (non-hydrogen) atoms. The van der Waals surface area contributed by atoms with Crippen LogP contribution in [0.5, 0.6) is 0 Å². The van der Waals surface area contributed by atoms with Crippen molar-refractivity contribution >= 4 is 27.5 Å². The van der Waals surface area contributed by atoms with Gasteiger partial charge in [0.15, 0.2) is 0 Å². The minimum absolute atomic E-state index is 0.110. The van der Waals surface area contributed by atoms with E-state index < -0.39 is 0 Å². The lowest BCUT2D eigenvalue weighted by atomic mass is 10.1. The Morgan fingerprint density at radius 2 is 2.14 bits per heavy atom. The summed E-state index contributed by atoms with van der Waals surface area (Å²) in [5, 5.41) is 4.90. The zero-order valence-electron chi connectivity index (χ0n) is 12.3. The number of thiophene rings is 1. The number of aromatic nitrogens is 1. The van der Waals surface area contributed by atoms with Crippen LogP contribution in [-0.2, 0) is 13.0 Å². The van der Waals surface area contributed by atoms with Crippen molar-refractivity contribution in [3.05, 3.63) is 58.9 Å². The van der Waals surface area contributed by atoms with Crippen molar-refractivity contribution in [3.63, 3.8) is 0 Å². The number of fused-ring (bicyclic) bond motifs is 1. The first-order valence-electron chi connectivity index (χ1n) is 7.29. The van der Waals surface area contributed by atoms with Gasteiger partial charge in [-0.1, -0.05) is 18.2 Å². The van der Waals surface area contributed by atoms with Crippen molar-refractivity contribution in [2.75, 3.05) is 6.54 Å². The molecule has 0 atom stereocenters. The molecule has 0 spiro atoms. The molecule has 0 unspecified atom stereocenters. The van der Waals surface area contributed by atoms with E-state index in [0.29, 0.717) is 24.2 Å². The minimum Gasteiger partial charge on any atom is -0.350 e. The van der Waals surface area contributed by atoms with Crippen LogP contribution in [0.25, 0.3) is 10.2 Å². The van der Waals surface area contributed by atoms with Gasteiger partial charge in [-0.3, -0.25) is 4.79 Å². The summed E-state index contributed by atoms with van der Waals surface area (Å²) in [5.41, 5.74) is 2.37. The molecule has 1 amide bonds. The van der Waals surface area contributed by atoms with Gasteiger partial charge in [0, 0.05) is 13.1 Å². The third-order valence-electron chi connectivity index (χ3n) is 3.71. The first-order chi connectivity index (χ1) is 10.7. The van der Waals surface area contributed by atoms with Gasteiger partial charge in [0.1, 0.15) is 11.5 Å². The van der Waals surface area contributed by atoms with E-state index in [1.807, 2.05) is 29.0 Å². The Morgan fingerprint density at radius 3 is 2.91 bits per heavy atom. The van der Waals surface area contributed by atoms with Gasteiger partial charge in [0.25, 0.3) is 5.91 Å². The first-order valence-corrected chi connectivity index (χ1v) is 8.17. The summed E-state index contributed by atoms with van der Waals surface area (Å²) < 4.78 is 16.7. The summed E-state index contributed by atoms with van der Waals surface area (Å²) >= 11 is 1.63. The second-order valence-electron chi connectivity index (χ2n) is 5.04. The largest absolute Gasteiger partial charge is 0.350 e. The Kier molecular flexibility index (Phi) is 4.24. The fourth-order valence-corrected chi connectivity index (χ4v) is 3.43. The summed E-state index contributed by atoms with van der Waals surface area (Å²) in [5.74, 6) is -0.337. The molecule has 0 aliphatic carbocycles. The van der Waals surface area contributed by atoms with Crippen LogP contribution >= 0.6 is 11.3 Å². The van der Waals surface area contributed by atoms with Gasteiger partial charge >= 0.3 is 0 Å². The number of benzene rings is 1. The van der Waals surface area contributed by atoms with Gasteiger partial charge in [0.2, 0.25) is 0 Å². The van der Waals surface area contributed by atoms with Gasteiger partial charge in [-0.25, -0.2) is 4.39 Å². The van der Waals surface area contributed by atoms with Gasteiger partial charge < -0.3 is 9.88 Å². The highest BCUT2D eigenvalue weighted by Crippen LogP contribution is 2.25. The molecular formula is C17H17FN2OS. The first kappa shape index (κ1) is 14.8. The lowest BCUT2D eigenvalue weighted by Crippen LogP contribution is -2.28. The van der Waals surface area contributed by atoms with E-state index in [9.17, 15) is 9.18 Å². The van der Waals surface area contributed by atoms with Crippen LogP contribution in [0.3, 0.4) is 0 Å². The van der Waals surface area contributed by atoms with E-state index in [1.165, 1.54) is 6.07 Å². The maximum Gasteiger partial charge on any atom is 0.267 e. The Morgan fingerprint density at radius 1 is 1.32 bits per heavy atom. The average molecular weight is 316 g/mol. The monoisotopic (exact) mass is 316 g/mol. The molecule has 0 radical (unpaired) electrons. The van der Waals surface area contributed by atoms with Crippen LogP contribution in [0.15, 0.2) is 41.8 Å². The third-order valence-corrected chi connectivity index (χ3v) is 4.56. The minimum atomic E-state index is -0.228. The van der Waals surface area contributed by atoms with E-state index in [1.54, 1.807) is 29.5 Å². The summed E-state index contributed by atoms with van der Waals surface area (Å²) in [4.78, 5) is 12.3. The van der Waals surface area contributed by atoms with Gasteiger partial charge in [-0.15, -0.1) is 11.3 Å². The van der Waals surface area contributed by atoms with E-state index in [-0.39, 0.29) is 11.7 Å². The predicted molar refractivity (Wildman–Crippen MR) is 87.9 cm³/mol. The fraction of sp³-hybridized carbons (Fsp3) is 0.235. The van der Waals surface area contributed by atoms with Gasteiger partial charge in [0.05, 0.1) is 10.2 Å². The van der Waals surface area contributed by atoms with Crippen LogP contribution < -0.4 is 5.32 Å². The van der Waals surface area contributed by atoms with E-state index in [0.717, 1.165) is 16.8 Å². The molecule has 3 rings (SSSR count). The van der Waals surface area contributed by atoms with E-state index in [4.69, 9.17) is 0 Å². The Bertz CT molecular complexity index is 806. The number of carbonyl (C=O) groups is 1. The van der Waals surface area contributed by atoms with E-state index in [2.05, 4.69) is 5.32 Å². The van der Waals surface area contributed by atoms with Crippen molar-refractivity contribution in [1.29, 1.82) is 0 Å². The second kappa shape index (κ2) is 6.32. The highest BCUT2D eigenvalue weighted by Gasteiger charge is 2.15. The molecule has 0 bridgehead atoms. The van der Waals surface area contributed by atoms with Crippen LogP contribution in [0.2, 0.25) is 0 Å². The molecule has 3 aromatic rings. The molecule has 0 fully saturated rings. The summed E-state index contributed by atoms with van der Waals surface area (Å²) in [6, 6.07) is 10.6. The quantitative estimate of drug-likeness (QED) is 0.762. The zero-order valence-corrected chi connectivity index (χ0v) is 13.1. The van der Waals surface area contributed by atoms with Crippen molar-refractivity contribution in [1.82, 2.24) is 9.88 Å². The summed E-state index contributed by atoms with van der Waals surface area (Å²) in [6.07, 6.45) is 0.486. The molecular weight excluding hydrogens is 299 g/mol. The number of nitrogens with zero attached hydrogens (tertiary/aromatic N) is 1. The molecule has 0 saturated heterocycles. The molecule has 2 heterocycles. The van der Waals surface area contributed by atoms with Gasteiger partial charge in [-0.05, 0) is 42.5 Å². The maximum atomic E-state index is 13.5. The van der Waals surface area contributed by atoms with E-state index >= 15 is 0 Å². The van der Waals surface area contributed by atoms with Crippen molar-refractivity contribution in [2.24, 2.45) is 0 Å². The molecule has 1 aromatic carbocycles. The lowest BCUT2D eigenvalue weighted by Gasteiger charge is -2.09. The highest BCUT2D eigenvalue weighted by molar-refractivity contribution is 7.17. The molecule has 114 valence electrons. The summed E-state index contributed by atoms with van der Waals surface area (Å²) in [6.45, 7) is 3.19. The molecule has 0 aliphatic rings. The van der Waals surface area contributed by atoms with Crippen LogP contribution in [0.1, 0.15) is 23.0 Å². The van der Waals surface area contributed by atoms with Crippen LogP contribution in [-0.4, -0.2) is 17.0 Å². The molecule has 0 saturated carbocycles. The molecule has 2 aromatic heterocycles. The van der Waals surface area contributed by atoms with Crippen molar-refractivity contribution in [2.45, 2.75) is 19.9 Å². The molecule has 5 heteroatoms. The standard InChI is InChI=1S/C17H17FN2OS/c1-2-20-14-8-10-22-16(14)11-15(20)17(21)19-9-7-12-5-3-4-6-13(12)18/h3-6,8,10-11H,2,7,9H2,1H3,(H,19,21). The normalized spacial score (nSPS) is 11.0. The number of rotatable bonds is 5. The molecule has 1 N–H and O–H groups in total. The SMILES string of the molecule is CCn1c(C(=O)NCCc2ccccc2F)cc2sccc21. The fourth-order valence-electron chi connectivity index (χ4n) is 2.61. The maximum absolute atomic E-state index is 13.5. The number of aryl methyl sites for hydroxylation is 1. The van der Waals surface area contributed by atoms with Gasteiger partial charge in [-0.2, -0.15) is 0 Å². The predicted octanol–water partition coefficient (Wildman–Crippen LogP) is 3.83. The average Bonchev–Trinajstić information content (AvgIpc) is 3.09. The summed E-state index contributed by atoms with van der Waals surface area (Å²) in [7, 11) is 0.